The molecular formula is C23H28N4OS. The predicted molar refractivity (Wildman–Crippen MR) is 118 cm³/mol. The van der Waals surface area contributed by atoms with E-state index in [9.17, 15) is 4.79 Å². The molecular weight excluding hydrogens is 380 g/mol. The van der Waals surface area contributed by atoms with Crippen molar-refractivity contribution in [1.82, 2.24) is 19.4 Å². The van der Waals surface area contributed by atoms with Gasteiger partial charge < -0.3 is 9.47 Å². The van der Waals surface area contributed by atoms with Gasteiger partial charge >= 0.3 is 0 Å². The number of thioether (sulfide) groups is 1. The van der Waals surface area contributed by atoms with Crippen LogP contribution >= 0.6 is 11.8 Å². The Morgan fingerprint density at radius 2 is 2.17 bits per heavy atom. The number of imidazole rings is 1. The molecule has 0 aliphatic carbocycles. The maximum absolute atomic E-state index is 13.2. The van der Waals surface area contributed by atoms with Crippen LogP contribution in [0.1, 0.15) is 43.7 Å². The van der Waals surface area contributed by atoms with Crippen LogP contribution in [0.2, 0.25) is 0 Å². The van der Waals surface area contributed by atoms with Gasteiger partial charge in [0.1, 0.15) is 6.54 Å². The van der Waals surface area contributed by atoms with E-state index in [0.29, 0.717) is 12.6 Å². The van der Waals surface area contributed by atoms with Gasteiger partial charge in [-0.05, 0) is 44.2 Å². The maximum Gasteiger partial charge on any atom is 0.242 e. The number of piperidine rings is 1. The normalized spacial score (nSPS) is 17.0. The fraction of sp³-hybridized carbons (Fsp3) is 0.435. The lowest BCUT2D eigenvalue weighted by Crippen LogP contribution is -2.44. The topological polar surface area (TPSA) is 51.0 Å². The number of hydrogen-bond acceptors (Lipinski definition) is 4. The van der Waals surface area contributed by atoms with Crippen molar-refractivity contribution in [2.24, 2.45) is 0 Å². The first-order chi connectivity index (χ1) is 14.2. The number of pyridine rings is 1. The minimum atomic E-state index is 0.192. The van der Waals surface area contributed by atoms with Gasteiger partial charge in [-0.1, -0.05) is 48.5 Å². The quantitative estimate of drug-likeness (QED) is 0.549. The molecule has 1 aromatic carbocycles. The lowest BCUT2D eigenvalue weighted by Gasteiger charge is -2.35. The van der Waals surface area contributed by atoms with Crippen molar-refractivity contribution in [2.75, 3.05) is 6.54 Å². The number of fused-ring (bicyclic) bond motifs is 1. The number of rotatable bonds is 6. The number of carbonyl (C=O) groups is 1. The van der Waals surface area contributed by atoms with Crippen LogP contribution in [0.5, 0.6) is 0 Å². The molecule has 6 heteroatoms. The molecule has 1 fully saturated rings. The lowest BCUT2D eigenvalue weighted by molar-refractivity contribution is -0.135. The zero-order valence-corrected chi connectivity index (χ0v) is 18.0. The van der Waals surface area contributed by atoms with E-state index in [0.717, 1.165) is 47.7 Å². The van der Waals surface area contributed by atoms with Crippen LogP contribution in [0.15, 0.2) is 47.9 Å². The van der Waals surface area contributed by atoms with Gasteiger partial charge in [-0.15, -0.1) is 0 Å². The van der Waals surface area contributed by atoms with Gasteiger partial charge in [0.25, 0.3) is 0 Å². The molecule has 5 nitrogen and oxygen atoms in total. The van der Waals surface area contributed by atoms with Crippen molar-refractivity contribution in [3.05, 3.63) is 53.9 Å². The summed E-state index contributed by atoms with van der Waals surface area (Å²) < 4.78 is 2.05. The van der Waals surface area contributed by atoms with E-state index >= 15 is 0 Å². The molecule has 1 atom stereocenters. The minimum Gasteiger partial charge on any atom is -0.338 e. The molecule has 1 amide bonds. The number of benzene rings is 1. The van der Waals surface area contributed by atoms with Crippen LogP contribution in [-0.2, 0) is 17.1 Å². The number of amides is 1. The summed E-state index contributed by atoms with van der Waals surface area (Å²) in [6, 6.07) is 10.8. The molecule has 0 N–H and O–H groups in total. The number of aryl methyl sites for hydroxylation is 1. The van der Waals surface area contributed by atoms with Gasteiger partial charge in [0, 0.05) is 24.5 Å². The van der Waals surface area contributed by atoms with E-state index < -0.39 is 0 Å². The van der Waals surface area contributed by atoms with E-state index in [4.69, 9.17) is 4.98 Å². The Balaban J connectivity index is 1.58. The van der Waals surface area contributed by atoms with Gasteiger partial charge in [-0.3, -0.25) is 9.78 Å². The van der Waals surface area contributed by atoms with E-state index in [2.05, 4.69) is 48.0 Å². The first kappa shape index (κ1) is 20.0. The van der Waals surface area contributed by atoms with Gasteiger partial charge in [-0.2, -0.15) is 0 Å². The van der Waals surface area contributed by atoms with Crippen molar-refractivity contribution in [3.8, 4) is 0 Å². The second kappa shape index (κ2) is 8.99. The molecule has 1 aliphatic heterocycles. The number of aromatic nitrogens is 3. The summed E-state index contributed by atoms with van der Waals surface area (Å²) in [4.78, 5) is 24.4. The maximum atomic E-state index is 13.2. The highest BCUT2D eigenvalue weighted by atomic mass is 32.2. The Labute approximate surface area is 176 Å². The summed E-state index contributed by atoms with van der Waals surface area (Å²) in [6.45, 7) is 5.48. The van der Waals surface area contributed by atoms with Crippen molar-refractivity contribution < 1.29 is 4.79 Å². The Bertz CT molecular complexity index is 999. The molecule has 2 aromatic heterocycles. The highest BCUT2D eigenvalue weighted by Gasteiger charge is 2.26. The number of carbonyl (C=O) groups excluding carboxylic acids is 1. The average molecular weight is 409 g/mol. The van der Waals surface area contributed by atoms with E-state index in [-0.39, 0.29) is 5.91 Å². The monoisotopic (exact) mass is 408 g/mol. The molecule has 1 aliphatic rings. The van der Waals surface area contributed by atoms with Crippen LogP contribution < -0.4 is 0 Å². The average Bonchev–Trinajstić information content (AvgIpc) is 3.09. The van der Waals surface area contributed by atoms with Gasteiger partial charge in [-0.25, -0.2) is 4.98 Å². The van der Waals surface area contributed by atoms with Crippen molar-refractivity contribution in [2.45, 2.75) is 63.0 Å². The van der Waals surface area contributed by atoms with Crippen LogP contribution in [-0.4, -0.2) is 37.9 Å². The van der Waals surface area contributed by atoms with Crippen LogP contribution in [0.25, 0.3) is 11.0 Å². The third-order valence-electron chi connectivity index (χ3n) is 5.68. The van der Waals surface area contributed by atoms with Crippen LogP contribution in [0.3, 0.4) is 0 Å². The second-order valence-electron chi connectivity index (χ2n) is 7.77. The highest BCUT2D eigenvalue weighted by Crippen LogP contribution is 2.28. The van der Waals surface area contributed by atoms with Crippen molar-refractivity contribution in [1.29, 1.82) is 0 Å². The standard InChI is InChI=1S/C23H28N4OS/c1-3-19-9-4-5-12-26(19)22(28)15-27-21-14-24-11-10-20(21)25-23(27)29-16-18-8-6-7-17(2)13-18/h6-8,10-11,13-14,19H,3-5,9,12,15-16H2,1-2H3. The lowest BCUT2D eigenvalue weighted by atomic mass is 10.00. The summed E-state index contributed by atoms with van der Waals surface area (Å²) in [6.07, 6.45) is 8.03. The highest BCUT2D eigenvalue weighted by molar-refractivity contribution is 7.98. The van der Waals surface area contributed by atoms with Crippen LogP contribution in [0.4, 0.5) is 0 Å². The van der Waals surface area contributed by atoms with E-state index in [1.807, 2.05) is 16.8 Å². The zero-order valence-electron chi connectivity index (χ0n) is 17.2. The van der Waals surface area contributed by atoms with Crippen molar-refractivity contribution in [3.63, 3.8) is 0 Å². The molecule has 0 radical (unpaired) electrons. The molecule has 0 saturated carbocycles. The summed E-state index contributed by atoms with van der Waals surface area (Å²) in [7, 11) is 0. The first-order valence-corrected chi connectivity index (χ1v) is 11.4. The molecule has 4 rings (SSSR count). The Morgan fingerprint density at radius 1 is 1.28 bits per heavy atom. The molecule has 1 unspecified atom stereocenters. The minimum absolute atomic E-state index is 0.192. The predicted octanol–water partition coefficient (Wildman–Crippen LogP) is 4.82. The third kappa shape index (κ3) is 4.47. The fourth-order valence-corrected chi connectivity index (χ4v) is 5.10. The largest absolute Gasteiger partial charge is 0.338 e. The molecule has 0 bridgehead atoms. The molecule has 3 aromatic rings. The number of likely N-dealkylation sites (tertiary alicyclic amines) is 1. The third-order valence-corrected chi connectivity index (χ3v) is 6.73. The smallest absolute Gasteiger partial charge is 0.242 e. The summed E-state index contributed by atoms with van der Waals surface area (Å²) in [5, 5.41) is 0.882. The molecule has 3 heterocycles. The summed E-state index contributed by atoms with van der Waals surface area (Å²) >= 11 is 1.68. The Morgan fingerprint density at radius 3 is 3.00 bits per heavy atom. The van der Waals surface area contributed by atoms with E-state index in [1.54, 1.807) is 18.0 Å². The SMILES string of the molecule is CCC1CCCCN1C(=O)Cn1c(SCc2cccc(C)c2)nc2ccncc21. The zero-order chi connectivity index (χ0) is 20.2. The summed E-state index contributed by atoms with van der Waals surface area (Å²) in [5.41, 5.74) is 4.34. The number of hydrogen-bond donors (Lipinski definition) is 0. The van der Waals surface area contributed by atoms with Gasteiger partial charge in [0.15, 0.2) is 5.16 Å². The number of nitrogens with zero attached hydrogens (tertiary/aromatic N) is 4. The molecule has 29 heavy (non-hydrogen) atoms. The molecule has 0 spiro atoms. The Kier molecular flexibility index (Phi) is 6.19. The fourth-order valence-electron chi connectivity index (χ4n) is 4.14. The molecule has 152 valence electrons. The van der Waals surface area contributed by atoms with Crippen LogP contribution in [0, 0.1) is 6.92 Å². The van der Waals surface area contributed by atoms with Crippen molar-refractivity contribution >= 4 is 28.7 Å². The Hall–Kier alpha value is -2.34. The van der Waals surface area contributed by atoms with Gasteiger partial charge in [0.05, 0.1) is 17.2 Å². The van der Waals surface area contributed by atoms with E-state index in [1.165, 1.54) is 17.5 Å². The summed E-state index contributed by atoms with van der Waals surface area (Å²) in [5.74, 6) is 1.02. The second-order valence-corrected chi connectivity index (χ2v) is 8.71. The first-order valence-electron chi connectivity index (χ1n) is 10.4. The molecule has 1 saturated heterocycles. The van der Waals surface area contributed by atoms with Gasteiger partial charge in [0.2, 0.25) is 5.91 Å².